The van der Waals surface area contributed by atoms with Crippen LogP contribution in [0.1, 0.15) is 46.0 Å². The predicted octanol–water partition coefficient (Wildman–Crippen LogP) is 2.66. The summed E-state index contributed by atoms with van der Waals surface area (Å²) in [5.74, 6) is 0. The Morgan fingerprint density at radius 1 is 1.33 bits per heavy atom. The Morgan fingerprint density at radius 2 is 1.92 bits per heavy atom. The van der Waals surface area contributed by atoms with E-state index in [-0.39, 0.29) is 0 Å². The molecule has 1 fully saturated rings. The number of alkyl halides is 1. The average Bonchev–Trinajstić information content (AvgIpc) is 2.36. The number of halogens is 1. The van der Waals surface area contributed by atoms with Crippen LogP contribution in [0.2, 0.25) is 0 Å². The summed E-state index contributed by atoms with van der Waals surface area (Å²) < 4.78 is 13.0. The third-order valence-electron chi connectivity index (χ3n) is 2.51. The minimum absolute atomic E-state index is 0.628. The second-order valence-electron chi connectivity index (χ2n) is 4.40. The molecule has 0 unspecified atom stereocenters. The van der Waals surface area contributed by atoms with Crippen LogP contribution in [0, 0.1) is 0 Å². The molecule has 0 amide bonds. The smallest absolute Gasteiger partial charge is 0.106 e. The molecule has 1 nitrogen and oxygen atoms in total. The van der Waals surface area contributed by atoms with Gasteiger partial charge in [0.05, 0.1) is 0 Å². The van der Waals surface area contributed by atoms with Gasteiger partial charge in [0.15, 0.2) is 0 Å². The van der Waals surface area contributed by atoms with Crippen molar-refractivity contribution >= 4 is 0 Å². The Hall–Kier alpha value is -0.110. The molecule has 0 aromatic carbocycles. The van der Waals surface area contributed by atoms with Gasteiger partial charge in [-0.15, -0.1) is 0 Å². The normalized spacial score (nSPS) is 20.2. The van der Waals surface area contributed by atoms with Crippen LogP contribution in [0.15, 0.2) is 0 Å². The molecule has 1 aliphatic rings. The topological polar surface area (TPSA) is 12.0 Å². The zero-order chi connectivity index (χ0) is 9.03. The van der Waals surface area contributed by atoms with Gasteiger partial charge in [-0.05, 0) is 39.7 Å². The highest BCUT2D eigenvalue weighted by Crippen LogP contribution is 2.18. The molecular weight excluding hydrogens is 153 g/mol. The standard InChI is InChI=1S/C10H20FN/c1-10(2,11)7-8-12-9-5-3-4-6-9/h9,12H,3-8H2,1-2H3. The van der Waals surface area contributed by atoms with Crippen LogP contribution in [0.25, 0.3) is 0 Å². The van der Waals surface area contributed by atoms with E-state index in [0.29, 0.717) is 12.5 Å². The van der Waals surface area contributed by atoms with Crippen molar-refractivity contribution in [1.82, 2.24) is 5.32 Å². The lowest BCUT2D eigenvalue weighted by Gasteiger charge is -2.16. The molecule has 0 bridgehead atoms. The minimum atomic E-state index is -1.01. The predicted molar refractivity (Wildman–Crippen MR) is 50.1 cm³/mol. The van der Waals surface area contributed by atoms with Gasteiger partial charge in [0.2, 0.25) is 0 Å². The van der Waals surface area contributed by atoms with Crippen molar-refractivity contribution in [2.24, 2.45) is 0 Å². The molecule has 72 valence electrons. The zero-order valence-electron chi connectivity index (χ0n) is 8.20. The van der Waals surface area contributed by atoms with Gasteiger partial charge in [-0.25, -0.2) is 4.39 Å². The lowest BCUT2D eigenvalue weighted by atomic mass is 10.1. The quantitative estimate of drug-likeness (QED) is 0.689. The van der Waals surface area contributed by atoms with Gasteiger partial charge in [0.1, 0.15) is 5.67 Å². The van der Waals surface area contributed by atoms with Gasteiger partial charge < -0.3 is 5.32 Å². The van der Waals surface area contributed by atoms with Gasteiger partial charge in [-0.3, -0.25) is 0 Å². The molecule has 0 aliphatic heterocycles. The Balaban J connectivity index is 2.02. The monoisotopic (exact) mass is 173 g/mol. The number of hydrogen-bond acceptors (Lipinski definition) is 1. The summed E-state index contributed by atoms with van der Waals surface area (Å²) in [5.41, 5.74) is -1.01. The van der Waals surface area contributed by atoms with Crippen LogP contribution < -0.4 is 5.32 Å². The van der Waals surface area contributed by atoms with E-state index in [1.807, 2.05) is 0 Å². The summed E-state index contributed by atoms with van der Waals surface area (Å²) in [5, 5.41) is 3.40. The first kappa shape index (κ1) is 9.97. The molecule has 1 aliphatic carbocycles. The van der Waals surface area contributed by atoms with Crippen LogP contribution in [0.3, 0.4) is 0 Å². The molecule has 0 radical (unpaired) electrons. The Bertz CT molecular complexity index is 122. The summed E-state index contributed by atoms with van der Waals surface area (Å²) in [4.78, 5) is 0. The molecular formula is C10H20FN. The Kier molecular flexibility index (Phi) is 3.51. The van der Waals surface area contributed by atoms with E-state index in [1.165, 1.54) is 25.7 Å². The summed E-state index contributed by atoms with van der Waals surface area (Å²) in [7, 11) is 0. The number of rotatable bonds is 4. The first-order chi connectivity index (χ1) is 5.58. The van der Waals surface area contributed by atoms with Crippen molar-refractivity contribution in [1.29, 1.82) is 0 Å². The fourth-order valence-corrected chi connectivity index (χ4v) is 1.70. The number of nitrogens with one attached hydrogen (secondary N) is 1. The van der Waals surface area contributed by atoms with Crippen molar-refractivity contribution in [2.75, 3.05) is 6.54 Å². The van der Waals surface area contributed by atoms with Gasteiger partial charge in [-0.2, -0.15) is 0 Å². The molecule has 0 spiro atoms. The van der Waals surface area contributed by atoms with E-state index in [4.69, 9.17) is 0 Å². The van der Waals surface area contributed by atoms with Gasteiger partial charge in [0.25, 0.3) is 0 Å². The third-order valence-corrected chi connectivity index (χ3v) is 2.51. The Morgan fingerprint density at radius 3 is 2.42 bits per heavy atom. The minimum Gasteiger partial charge on any atom is -0.314 e. The summed E-state index contributed by atoms with van der Waals surface area (Å²) in [6.07, 6.45) is 5.89. The molecule has 12 heavy (non-hydrogen) atoms. The van der Waals surface area contributed by atoms with Crippen LogP contribution in [0.4, 0.5) is 4.39 Å². The van der Waals surface area contributed by atoms with Crippen LogP contribution in [0.5, 0.6) is 0 Å². The summed E-state index contributed by atoms with van der Waals surface area (Å²) in [6.45, 7) is 4.11. The van der Waals surface area contributed by atoms with Crippen LogP contribution in [-0.4, -0.2) is 18.3 Å². The maximum absolute atomic E-state index is 13.0. The van der Waals surface area contributed by atoms with E-state index in [0.717, 1.165) is 6.54 Å². The number of hydrogen-bond donors (Lipinski definition) is 1. The first-order valence-corrected chi connectivity index (χ1v) is 5.00. The van der Waals surface area contributed by atoms with Crippen molar-refractivity contribution in [3.05, 3.63) is 0 Å². The fraction of sp³-hybridized carbons (Fsp3) is 1.00. The zero-order valence-corrected chi connectivity index (χ0v) is 8.20. The molecule has 0 heterocycles. The van der Waals surface area contributed by atoms with Crippen molar-refractivity contribution in [3.63, 3.8) is 0 Å². The van der Waals surface area contributed by atoms with E-state index in [9.17, 15) is 4.39 Å². The van der Waals surface area contributed by atoms with Gasteiger partial charge in [0, 0.05) is 6.04 Å². The molecule has 1 N–H and O–H groups in total. The lowest BCUT2D eigenvalue weighted by molar-refractivity contribution is 0.198. The fourth-order valence-electron chi connectivity index (χ4n) is 1.70. The summed E-state index contributed by atoms with van der Waals surface area (Å²) in [6, 6.07) is 0.673. The average molecular weight is 173 g/mol. The molecule has 0 saturated heterocycles. The molecule has 0 aromatic heterocycles. The molecule has 1 saturated carbocycles. The van der Waals surface area contributed by atoms with Crippen LogP contribution >= 0.6 is 0 Å². The van der Waals surface area contributed by atoms with Gasteiger partial charge >= 0.3 is 0 Å². The van der Waals surface area contributed by atoms with E-state index >= 15 is 0 Å². The maximum atomic E-state index is 13.0. The molecule has 0 aromatic rings. The largest absolute Gasteiger partial charge is 0.314 e. The molecule has 1 rings (SSSR count). The molecule has 0 atom stereocenters. The van der Waals surface area contributed by atoms with E-state index in [2.05, 4.69) is 5.32 Å². The maximum Gasteiger partial charge on any atom is 0.106 e. The lowest BCUT2D eigenvalue weighted by Crippen LogP contribution is -2.30. The second kappa shape index (κ2) is 4.22. The van der Waals surface area contributed by atoms with E-state index < -0.39 is 5.67 Å². The highest BCUT2D eigenvalue weighted by Gasteiger charge is 2.17. The van der Waals surface area contributed by atoms with Crippen molar-refractivity contribution in [2.45, 2.75) is 57.7 Å². The highest BCUT2D eigenvalue weighted by molar-refractivity contribution is 4.75. The SMILES string of the molecule is CC(C)(F)CCNC1CCCC1. The summed E-state index contributed by atoms with van der Waals surface area (Å²) >= 11 is 0. The van der Waals surface area contributed by atoms with Crippen LogP contribution in [-0.2, 0) is 0 Å². The third kappa shape index (κ3) is 4.05. The Labute approximate surface area is 74.7 Å². The second-order valence-corrected chi connectivity index (χ2v) is 4.40. The first-order valence-electron chi connectivity index (χ1n) is 5.00. The highest BCUT2D eigenvalue weighted by atomic mass is 19.1. The molecule has 2 heteroatoms. The van der Waals surface area contributed by atoms with Crippen molar-refractivity contribution in [3.8, 4) is 0 Å². The van der Waals surface area contributed by atoms with Crippen molar-refractivity contribution < 1.29 is 4.39 Å². The van der Waals surface area contributed by atoms with E-state index in [1.54, 1.807) is 13.8 Å². The van der Waals surface area contributed by atoms with Gasteiger partial charge in [-0.1, -0.05) is 12.8 Å².